The van der Waals surface area contributed by atoms with Gasteiger partial charge in [-0.05, 0) is 35.2 Å². The summed E-state index contributed by atoms with van der Waals surface area (Å²) in [6.45, 7) is 0. The molecule has 0 aliphatic rings. The third-order valence-corrected chi connectivity index (χ3v) is 10.1. The lowest BCUT2D eigenvalue weighted by Gasteiger charge is -2.14. The highest BCUT2D eigenvalue weighted by Crippen LogP contribution is 2.44. The van der Waals surface area contributed by atoms with Crippen molar-refractivity contribution >= 4 is 70.8 Å². The summed E-state index contributed by atoms with van der Waals surface area (Å²) in [7, 11) is 0. The van der Waals surface area contributed by atoms with Gasteiger partial charge in [0.15, 0.2) is 0 Å². The zero-order chi connectivity index (χ0) is 31.3. The summed E-state index contributed by atoms with van der Waals surface area (Å²) < 4.78 is 4.75. The highest BCUT2D eigenvalue weighted by atomic mass is 15.2. The van der Waals surface area contributed by atoms with Crippen LogP contribution < -0.4 is 0 Å². The second-order valence-corrected chi connectivity index (χ2v) is 12.6. The molecule has 11 aromatic rings. The number of hydrogen-bond acceptors (Lipinski definition) is 2. The van der Waals surface area contributed by atoms with Crippen molar-refractivity contribution in [2.45, 2.75) is 0 Å². The molecule has 4 aromatic heterocycles. The van der Waals surface area contributed by atoms with Crippen LogP contribution in [0.15, 0.2) is 158 Å². The molecule has 0 atom stereocenters. The van der Waals surface area contributed by atoms with Crippen molar-refractivity contribution in [1.29, 1.82) is 0 Å². The summed E-state index contributed by atoms with van der Waals surface area (Å²) in [5.74, 6) is 0.662. The predicted molar refractivity (Wildman–Crippen MR) is 199 cm³/mol. The van der Waals surface area contributed by atoms with Crippen molar-refractivity contribution in [3.05, 3.63) is 158 Å². The van der Waals surface area contributed by atoms with E-state index < -0.39 is 0 Å². The summed E-state index contributed by atoms with van der Waals surface area (Å²) >= 11 is 0. The van der Waals surface area contributed by atoms with Gasteiger partial charge in [-0.3, -0.25) is 4.57 Å². The smallest absolute Gasteiger partial charge is 0.235 e. The molecule has 0 radical (unpaired) electrons. The van der Waals surface area contributed by atoms with Crippen molar-refractivity contribution in [2.75, 3.05) is 0 Å². The van der Waals surface area contributed by atoms with Gasteiger partial charge in [0.2, 0.25) is 5.95 Å². The third kappa shape index (κ3) is 3.33. The number of hydrogen-bond donors (Lipinski definition) is 0. The molecule has 0 aliphatic carbocycles. The molecule has 222 valence electrons. The Morgan fingerprint density at radius 1 is 0.375 bits per heavy atom. The molecule has 0 aliphatic heterocycles. The molecule has 0 unspecified atom stereocenters. The van der Waals surface area contributed by atoms with E-state index in [1.807, 2.05) is 0 Å². The van der Waals surface area contributed by atoms with E-state index in [2.05, 4.69) is 167 Å². The lowest BCUT2D eigenvalue weighted by molar-refractivity contribution is 1.01. The Morgan fingerprint density at radius 2 is 0.938 bits per heavy atom. The highest BCUT2D eigenvalue weighted by Gasteiger charge is 2.23. The Bertz CT molecular complexity index is 3040. The maximum atomic E-state index is 5.45. The van der Waals surface area contributed by atoms with Crippen molar-refractivity contribution < 1.29 is 0 Å². The maximum Gasteiger partial charge on any atom is 0.235 e. The Balaban J connectivity index is 1.35. The molecule has 0 saturated carbocycles. The van der Waals surface area contributed by atoms with Gasteiger partial charge in [-0.2, -0.15) is 0 Å². The van der Waals surface area contributed by atoms with Crippen LogP contribution in [0.1, 0.15) is 0 Å². The van der Waals surface area contributed by atoms with E-state index in [0.29, 0.717) is 5.95 Å². The molecule has 0 amide bonds. The Labute approximate surface area is 275 Å². The molecule has 11 rings (SSSR count). The van der Waals surface area contributed by atoms with Crippen molar-refractivity contribution in [2.24, 2.45) is 0 Å². The summed E-state index contributed by atoms with van der Waals surface area (Å²) in [5, 5.41) is 8.47. The predicted octanol–water partition coefficient (Wildman–Crippen LogP) is 11.2. The van der Waals surface area contributed by atoms with Crippen LogP contribution in [-0.2, 0) is 0 Å². The molecule has 48 heavy (non-hydrogen) atoms. The molecule has 4 heteroatoms. The monoisotopic (exact) mass is 610 g/mol. The lowest BCUT2D eigenvalue weighted by Crippen LogP contribution is -2.04. The molecule has 0 bridgehead atoms. The van der Waals surface area contributed by atoms with Gasteiger partial charge in [-0.1, -0.05) is 133 Å². The van der Waals surface area contributed by atoms with E-state index in [1.165, 1.54) is 48.9 Å². The molecule has 4 heterocycles. The third-order valence-electron chi connectivity index (χ3n) is 10.1. The number of fused-ring (bicyclic) bond motifs is 6. The van der Waals surface area contributed by atoms with Crippen LogP contribution in [0, 0.1) is 0 Å². The van der Waals surface area contributed by atoms with E-state index in [4.69, 9.17) is 9.97 Å². The zero-order valence-electron chi connectivity index (χ0n) is 25.8. The summed E-state index contributed by atoms with van der Waals surface area (Å²) in [6.07, 6.45) is 0. The number of rotatable bonds is 3. The first-order valence-electron chi connectivity index (χ1n) is 16.4. The van der Waals surface area contributed by atoms with E-state index >= 15 is 0 Å². The number of nitrogens with zero attached hydrogens (tertiary/aromatic N) is 4. The van der Waals surface area contributed by atoms with Crippen molar-refractivity contribution in [1.82, 2.24) is 18.9 Å². The minimum atomic E-state index is 0.662. The second-order valence-electron chi connectivity index (χ2n) is 12.6. The lowest BCUT2D eigenvalue weighted by atomic mass is 9.99. The molecular weight excluding hydrogens is 585 g/mol. The number of para-hydroxylation sites is 3. The average Bonchev–Trinajstić information content (AvgIpc) is 3.64. The minimum Gasteiger partial charge on any atom is -0.308 e. The van der Waals surface area contributed by atoms with E-state index in [1.54, 1.807) is 0 Å². The van der Waals surface area contributed by atoms with Crippen LogP contribution in [0.4, 0.5) is 0 Å². The molecule has 0 saturated heterocycles. The minimum absolute atomic E-state index is 0.662. The van der Waals surface area contributed by atoms with Gasteiger partial charge in [-0.25, -0.2) is 9.97 Å². The van der Waals surface area contributed by atoms with Gasteiger partial charge >= 0.3 is 0 Å². The normalized spacial score (nSPS) is 12.2. The van der Waals surface area contributed by atoms with Crippen LogP contribution >= 0.6 is 0 Å². The Kier molecular flexibility index (Phi) is 5.08. The first-order chi connectivity index (χ1) is 23.8. The van der Waals surface area contributed by atoms with E-state index in [-0.39, 0.29) is 0 Å². The Hall–Kier alpha value is -6.52. The van der Waals surface area contributed by atoms with Crippen LogP contribution in [0.25, 0.3) is 99.1 Å². The first-order valence-corrected chi connectivity index (χ1v) is 16.4. The largest absolute Gasteiger partial charge is 0.308 e. The van der Waals surface area contributed by atoms with Gasteiger partial charge in [0, 0.05) is 43.4 Å². The fourth-order valence-electron chi connectivity index (χ4n) is 8.11. The van der Waals surface area contributed by atoms with Crippen LogP contribution in [-0.4, -0.2) is 18.9 Å². The van der Waals surface area contributed by atoms with Gasteiger partial charge in [-0.15, -0.1) is 0 Å². The average molecular weight is 611 g/mol. The fraction of sp³-hybridized carbons (Fsp3) is 0. The SMILES string of the molecule is c1ccc(-c2nc(-n3c4cccc5c6cccc7c8ccccc8n(c8cccc3c8c54)c67)nc3c(-c4ccccc4)cccc23)cc1. The molecular formula is C44H26N4. The molecule has 7 aromatic carbocycles. The quantitative estimate of drug-likeness (QED) is 0.199. The van der Waals surface area contributed by atoms with Gasteiger partial charge in [0.1, 0.15) is 0 Å². The fourth-order valence-corrected chi connectivity index (χ4v) is 8.11. The summed E-state index contributed by atoms with van der Waals surface area (Å²) in [5.41, 5.74) is 11.0. The van der Waals surface area contributed by atoms with Gasteiger partial charge in [0.05, 0.1) is 38.8 Å². The summed E-state index contributed by atoms with van der Waals surface area (Å²) in [6, 6.07) is 56.3. The van der Waals surface area contributed by atoms with Gasteiger partial charge < -0.3 is 4.40 Å². The van der Waals surface area contributed by atoms with Crippen LogP contribution in [0.3, 0.4) is 0 Å². The number of aromatic nitrogens is 4. The Morgan fingerprint density at radius 3 is 1.77 bits per heavy atom. The van der Waals surface area contributed by atoms with Crippen LogP contribution in [0.2, 0.25) is 0 Å². The van der Waals surface area contributed by atoms with Crippen molar-refractivity contribution in [3.8, 4) is 28.3 Å². The first kappa shape index (κ1) is 25.6. The standard InChI is InChI=1S/C44H26N4/c1-3-13-27(14-4-1)29-18-9-22-34-41(28-15-5-2-6-16-28)45-44(46-42(29)34)48-36-24-11-19-31-33-21-10-20-32-30-17-7-8-23-35(30)47(43(32)33)37-25-12-26-38(48)40(37)39(31)36/h1-26H. The molecule has 4 nitrogen and oxygen atoms in total. The summed E-state index contributed by atoms with van der Waals surface area (Å²) in [4.78, 5) is 10.9. The molecule has 0 spiro atoms. The van der Waals surface area contributed by atoms with E-state index in [0.717, 1.165) is 44.3 Å². The zero-order valence-corrected chi connectivity index (χ0v) is 25.8. The second kappa shape index (κ2) is 9.50. The number of benzene rings is 7. The van der Waals surface area contributed by atoms with E-state index in [9.17, 15) is 0 Å². The highest BCUT2D eigenvalue weighted by molar-refractivity contribution is 6.31. The molecule has 0 fully saturated rings. The molecule has 0 N–H and O–H groups in total. The maximum absolute atomic E-state index is 5.45. The van der Waals surface area contributed by atoms with Crippen LogP contribution in [0.5, 0.6) is 0 Å². The topological polar surface area (TPSA) is 35.1 Å². The van der Waals surface area contributed by atoms with Gasteiger partial charge in [0.25, 0.3) is 0 Å². The van der Waals surface area contributed by atoms with Crippen molar-refractivity contribution in [3.63, 3.8) is 0 Å².